The molecule has 1 amide bonds. The first-order valence-corrected chi connectivity index (χ1v) is 8.64. The zero-order valence-corrected chi connectivity index (χ0v) is 13.3. The highest BCUT2D eigenvalue weighted by Gasteiger charge is 2.18. The van der Waals surface area contributed by atoms with E-state index in [4.69, 9.17) is 0 Å². The summed E-state index contributed by atoms with van der Waals surface area (Å²) in [6.07, 6.45) is 0.242. The Balaban J connectivity index is 1.73. The molecule has 2 heterocycles. The topological polar surface area (TPSA) is 29.1 Å². The third kappa shape index (κ3) is 3.61. The summed E-state index contributed by atoms with van der Waals surface area (Å²) in [5.41, 5.74) is 1.88. The lowest BCUT2D eigenvalue weighted by Gasteiger charge is -2.16. The van der Waals surface area contributed by atoms with Gasteiger partial charge in [-0.05, 0) is 51.5 Å². The molecule has 0 aliphatic heterocycles. The van der Waals surface area contributed by atoms with Gasteiger partial charge in [0.2, 0.25) is 5.91 Å². The molecule has 0 bridgehead atoms. The van der Waals surface area contributed by atoms with Gasteiger partial charge < -0.3 is 5.32 Å². The summed E-state index contributed by atoms with van der Waals surface area (Å²) in [7, 11) is 0. The highest BCUT2D eigenvalue weighted by Crippen LogP contribution is 2.27. The number of hydrogen-bond acceptors (Lipinski definition) is 3. The van der Waals surface area contributed by atoms with Crippen LogP contribution >= 0.6 is 22.7 Å². The number of hydrogen-bond donors (Lipinski definition) is 1. The molecule has 3 aromatic rings. The number of carbonyl (C=O) groups is 1. The average Bonchev–Trinajstić information content (AvgIpc) is 3.21. The first kappa shape index (κ1) is 14.9. The summed E-state index contributed by atoms with van der Waals surface area (Å²) >= 11 is 3.23. The molecule has 22 heavy (non-hydrogen) atoms. The smallest absolute Gasteiger partial charge is 0.225 e. The van der Waals surface area contributed by atoms with Gasteiger partial charge in [-0.2, -0.15) is 11.3 Å². The standard InChI is InChI=1S/C17H14FNOS2/c18-14-5-3-12(4-6-14)10-16(20)19-17(13-7-9-21-11-13)15-2-1-8-22-15/h1-9,11,17H,10H2,(H,19,20)/t17-/m0/s1. The number of amides is 1. The summed E-state index contributed by atoms with van der Waals surface area (Å²) in [4.78, 5) is 13.4. The molecule has 0 saturated heterocycles. The number of thiophene rings is 2. The van der Waals surface area contributed by atoms with E-state index in [1.165, 1.54) is 12.1 Å². The van der Waals surface area contributed by atoms with Gasteiger partial charge in [-0.15, -0.1) is 11.3 Å². The van der Waals surface area contributed by atoms with E-state index in [1.807, 2.05) is 34.3 Å². The molecule has 2 nitrogen and oxygen atoms in total. The maximum Gasteiger partial charge on any atom is 0.225 e. The summed E-state index contributed by atoms with van der Waals surface area (Å²) < 4.78 is 12.9. The number of nitrogens with one attached hydrogen (secondary N) is 1. The lowest BCUT2D eigenvalue weighted by atomic mass is 10.1. The number of carbonyl (C=O) groups excluding carboxylic acids is 1. The normalized spacial score (nSPS) is 12.0. The molecule has 5 heteroatoms. The summed E-state index contributed by atoms with van der Waals surface area (Å²) in [6, 6.07) is 11.9. The molecule has 1 aromatic carbocycles. The first-order valence-electron chi connectivity index (χ1n) is 6.81. The predicted octanol–water partition coefficient (Wildman–Crippen LogP) is 4.40. The van der Waals surface area contributed by atoms with Crippen LogP contribution in [0.5, 0.6) is 0 Å². The minimum Gasteiger partial charge on any atom is -0.344 e. The maximum atomic E-state index is 12.9. The molecule has 1 N–H and O–H groups in total. The Hall–Kier alpha value is -1.98. The molecule has 112 valence electrons. The van der Waals surface area contributed by atoms with Crippen molar-refractivity contribution >= 4 is 28.6 Å². The van der Waals surface area contributed by atoms with Crippen molar-refractivity contribution in [3.63, 3.8) is 0 Å². The minimum atomic E-state index is -0.293. The molecule has 0 aliphatic carbocycles. The van der Waals surface area contributed by atoms with Gasteiger partial charge in [-0.25, -0.2) is 4.39 Å². The van der Waals surface area contributed by atoms with Crippen molar-refractivity contribution in [3.05, 3.63) is 80.4 Å². The van der Waals surface area contributed by atoms with Gasteiger partial charge >= 0.3 is 0 Å². The second kappa shape index (κ2) is 6.85. The van der Waals surface area contributed by atoms with Crippen LogP contribution in [-0.4, -0.2) is 5.91 Å². The Morgan fingerprint density at radius 2 is 1.95 bits per heavy atom. The van der Waals surface area contributed by atoms with Crippen LogP contribution in [0.3, 0.4) is 0 Å². The Morgan fingerprint density at radius 3 is 2.59 bits per heavy atom. The number of halogens is 1. The van der Waals surface area contributed by atoms with Gasteiger partial charge in [-0.1, -0.05) is 18.2 Å². The number of rotatable bonds is 5. The molecule has 0 spiro atoms. The fraction of sp³-hybridized carbons (Fsp3) is 0.118. The third-order valence-corrected chi connectivity index (χ3v) is 4.93. The third-order valence-electron chi connectivity index (χ3n) is 3.29. The van der Waals surface area contributed by atoms with E-state index in [9.17, 15) is 9.18 Å². The molecule has 0 radical (unpaired) electrons. The van der Waals surface area contributed by atoms with Crippen LogP contribution in [0.4, 0.5) is 4.39 Å². The van der Waals surface area contributed by atoms with Gasteiger partial charge in [0, 0.05) is 4.88 Å². The van der Waals surface area contributed by atoms with Crippen LogP contribution < -0.4 is 5.32 Å². The SMILES string of the molecule is O=C(Cc1ccc(F)cc1)N[C@@H](c1ccsc1)c1cccs1. The molecule has 1 atom stereocenters. The van der Waals surface area contributed by atoms with Crippen molar-refractivity contribution < 1.29 is 9.18 Å². The molecular formula is C17H14FNOS2. The monoisotopic (exact) mass is 331 g/mol. The summed E-state index contributed by atoms with van der Waals surface area (Å²) in [5.74, 6) is -0.366. The Labute approximate surface area is 136 Å². The van der Waals surface area contributed by atoms with Crippen molar-refractivity contribution in [2.24, 2.45) is 0 Å². The molecule has 0 saturated carbocycles. The lowest BCUT2D eigenvalue weighted by molar-refractivity contribution is -0.120. The zero-order chi connectivity index (χ0) is 15.4. The van der Waals surface area contributed by atoms with Gasteiger partial charge in [0.25, 0.3) is 0 Å². The fourth-order valence-corrected chi connectivity index (χ4v) is 3.70. The molecule has 0 fully saturated rings. The van der Waals surface area contributed by atoms with Crippen LogP contribution in [0.25, 0.3) is 0 Å². The Bertz CT molecular complexity index is 686. The Morgan fingerprint density at radius 1 is 1.14 bits per heavy atom. The highest BCUT2D eigenvalue weighted by molar-refractivity contribution is 7.10. The maximum absolute atomic E-state index is 12.9. The van der Waals surface area contributed by atoms with E-state index >= 15 is 0 Å². The second-order valence-electron chi connectivity index (χ2n) is 4.88. The average molecular weight is 331 g/mol. The quantitative estimate of drug-likeness (QED) is 0.738. The van der Waals surface area contributed by atoms with Gasteiger partial charge in [-0.3, -0.25) is 4.79 Å². The van der Waals surface area contributed by atoms with E-state index in [0.717, 1.165) is 16.0 Å². The molecule has 3 rings (SSSR count). The van der Waals surface area contributed by atoms with Crippen LogP contribution in [0.15, 0.2) is 58.6 Å². The van der Waals surface area contributed by atoms with Crippen molar-refractivity contribution in [2.45, 2.75) is 12.5 Å². The van der Waals surface area contributed by atoms with Gasteiger partial charge in [0.15, 0.2) is 0 Å². The highest BCUT2D eigenvalue weighted by atomic mass is 32.1. The summed E-state index contributed by atoms with van der Waals surface area (Å²) in [6.45, 7) is 0. The largest absolute Gasteiger partial charge is 0.344 e. The second-order valence-corrected chi connectivity index (χ2v) is 6.64. The fourth-order valence-electron chi connectivity index (χ4n) is 2.21. The van der Waals surface area contributed by atoms with Crippen molar-refractivity contribution in [1.82, 2.24) is 5.32 Å². The molecular weight excluding hydrogens is 317 g/mol. The first-order chi connectivity index (χ1) is 10.7. The molecule has 0 unspecified atom stereocenters. The Kier molecular flexibility index (Phi) is 4.65. The van der Waals surface area contributed by atoms with Crippen molar-refractivity contribution in [3.8, 4) is 0 Å². The lowest BCUT2D eigenvalue weighted by Crippen LogP contribution is -2.29. The minimum absolute atomic E-state index is 0.0730. The van der Waals surface area contributed by atoms with Crippen molar-refractivity contribution in [1.29, 1.82) is 0 Å². The van der Waals surface area contributed by atoms with E-state index in [2.05, 4.69) is 5.32 Å². The van der Waals surface area contributed by atoms with Crippen LogP contribution in [0, 0.1) is 5.82 Å². The van der Waals surface area contributed by atoms with Gasteiger partial charge in [0.05, 0.1) is 12.5 Å². The van der Waals surface area contributed by atoms with Gasteiger partial charge in [0.1, 0.15) is 5.82 Å². The molecule has 2 aromatic heterocycles. The van der Waals surface area contributed by atoms with Crippen LogP contribution in [0.2, 0.25) is 0 Å². The van der Waals surface area contributed by atoms with E-state index in [0.29, 0.717) is 0 Å². The predicted molar refractivity (Wildman–Crippen MR) is 88.7 cm³/mol. The van der Waals surface area contributed by atoms with Crippen LogP contribution in [-0.2, 0) is 11.2 Å². The van der Waals surface area contributed by atoms with E-state index < -0.39 is 0 Å². The van der Waals surface area contributed by atoms with Crippen molar-refractivity contribution in [2.75, 3.05) is 0 Å². The van der Waals surface area contributed by atoms with E-state index in [-0.39, 0.29) is 24.2 Å². The van der Waals surface area contributed by atoms with E-state index in [1.54, 1.807) is 34.8 Å². The zero-order valence-electron chi connectivity index (χ0n) is 11.7. The van der Waals surface area contributed by atoms with Crippen LogP contribution in [0.1, 0.15) is 22.0 Å². The molecule has 0 aliphatic rings. The summed E-state index contributed by atoms with van der Waals surface area (Å²) in [5, 5.41) is 9.12. The number of benzene rings is 1.